The summed E-state index contributed by atoms with van der Waals surface area (Å²) in [4.78, 5) is 4.64. The Morgan fingerprint density at radius 3 is 2.65 bits per heavy atom. The number of pyridine rings is 1. The zero-order valence-electron chi connectivity index (χ0n) is 10.6. The SMILES string of the molecule is CC(C)(C)c1ccc2c3c(oc2n1)=CCCC=3. The molecule has 0 N–H and O–H groups in total. The van der Waals surface area contributed by atoms with Crippen LogP contribution < -0.4 is 10.6 Å². The van der Waals surface area contributed by atoms with Crippen molar-refractivity contribution in [1.82, 2.24) is 4.98 Å². The van der Waals surface area contributed by atoms with Crippen LogP contribution in [-0.2, 0) is 5.41 Å². The van der Waals surface area contributed by atoms with E-state index < -0.39 is 0 Å². The van der Waals surface area contributed by atoms with Crippen molar-refractivity contribution in [3.05, 3.63) is 28.5 Å². The molecule has 2 aromatic heterocycles. The molecule has 0 atom stereocenters. The molecule has 0 amide bonds. The molecule has 0 aromatic carbocycles. The van der Waals surface area contributed by atoms with Crippen LogP contribution in [0.15, 0.2) is 16.5 Å². The van der Waals surface area contributed by atoms with Crippen LogP contribution in [0, 0.1) is 0 Å². The third-order valence-corrected chi connectivity index (χ3v) is 3.24. The number of hydrogen-bond donors (Lipinski definition) is 0. The maximum Gasteiger partial charge on any atom is 0.227 e. The molecule has 0 unspecified atom stereocenters. The van der Waals surface area contributed by atoms with Gasteiger partial charge in [-0.1, -0.05) is 26.8 Å². The Kier molecular flexibility index (Phi) is 2.15. The summed E-state index contributed by atoms with van der Waals surface area (Å²) in [5.41, 5.74) is 2.91. The van der Waals surface area contributed by atoms with Crippen molar-refractivity contribution < 1.29 is 4.42 Å². The predicted molar refractivity (Wildman–Crippen MR) is 70.1 cm³/mol. The van der Waals surface area contributed by atoms with E-state index in [4.69, 9.17) is 4.42 Å². The van der Waals surface area contributed by atoms with Gasteiger partial charge in [0.25, 0.3) is 0 Å². The number of aromatic nitrogens is 1. The van der Waals surface area contributed by atoms with Crippen LogP contribution in [-0.4, -0.2) is 4.98 Å². The average Bonchev–Trinajstić information content (AvgIpc) is 2.65. The Bertz CT molecular complexity index is 686. The van der Waals surface area contributed by atoms with Gasteiger partial charge in [-0.3, -0.25) is 0 Å². The Hall–Kier alpha value is -1.57. The minimum absolute atomic E-state index is 0.0644. The van der Waals surface area contributed by atoms with E-state index in [-0.39, 0.29) is 5.41 Å². The van der Waals surface area contributed by atoms with Gasteiger partial charge in [-0.05, 0) is 31.1 Å². The van der Waals surface area contributed by atoms with E-state index in [2.05, 4.69) is 50.0 Å². The molecule has 0 saturated carbocycles. The third kappa shape index (κ3) is 1.68. The Morgan fingerprint density at radius 2 is 1.88 bits per heavy atom. The molecular formula is C15H17NO. The lowest BCUT2D eigenvalue weighted by molar-refractivity contribution is 0.538. The topological polar surface area (TPSA) is 26.0 Å². The molecule has 2 heteroatoms. The normalized spacial score (nSPS) is 15.2. The largest absolute Gasteiger partial charge is 0.438 e. The first kappa shape index (κ1) is 10.6. The van der Waals surface area contributed by atoms with Crippen LogP contribution in [0.1, 0.15) is 39.3 Å². The van der Waals surface area contributed by atoms with Gasteiger partial charge in [0.05, 0.1) is 0 Å². The van der Waals surface area contributed by atoms with Crippen molar-refractivity contribution in [2.75, 3.05) is 0 Å². The van der Waals surface area contributed by atoms with Gasteiger partial charge in [0.1, 0.15) is 5.42 Å². The highest BCUT2D eigenvalue weighted by Gasteiger charge is 2.17. The molecule has 0 spiro atoms. The number of fused-ring (bicyclic) bond motifs is 3. The zero-order chi connectivity index (χ0) is 12.0. The van der Waals surface area contributed by atoms with Crippen LogP contribution in [0.2, 0.25) is 0 Å². The molecule has 0 fully saturated rings. The fraction of sp³-hybridized carbons (Fsp3) is 0.400. The van der Waals surface area contributed by atoms with E-state index in [9.17, 15) is 0 Å². The highest BCUT2D eigenvalue weighted by atomic mass is 16.3. The van der Waals surface area contributed by atoms with Gasteiger partial charge in [0.2, 0.25) is 5.71 Å². The van der Waals surface area contributed by atoms with Gasteiger partial charge in [-0.25, -0.2) is 4.98 Å². The fourth-order valence-electron chi connectivity index (χ4n) is 2.24. The Balaban J connectivity index is 2.34. The van der Waals surface area contributed by atoms with Gasteiger partial charge in [-0.15, -0.1) is 0 Å². The first-order chi connectivity index (χ1) is 8.05. The second-order valence-corrected chi connectivity index (χ2v) is 5.66. The number of nitrogens with zero attached hydrogens (tertiary/aromatic N) is 1. The molecule has 2 aromatic rings. The summed E-state index contributed by atoms with van der Waals surface area (Å²) < 4.78 is 5.83. The molecule has 0 aliphatic heterocycles. The number of rotatable bonds is 0. The standard InChI is InChI=1S/C15H17NO/c1-15(2,3)13-9-8-11-10-6-4-5-7-12(10)17-14(11)16-13/h6-9H,4-5H2,1-3H3. The minimum atomic E-state index is 0.0644. The summed E-state index contributed by atoms with van der Waals surface area (Å²) in [6.45, 7) is 6.51. The molecule has 0 bridgehead atoms. The molecule has 88 valence electrons. The van der Waals surface area contributed by atoms with Crippen molar-refractivity contribution in [3.8, 4) is 0 Å². The first-order valence-electron chi connectivity index (χ1n) is 6.16. The summed E-state index contributed by atoms with van der Waals surface area (Å²) in [5, 5.41) is 2.36. The Morgan fingerprint density at radius 1 is 1.12 bits per heavy atom. The average molecular weight is 227 g/mol. The smallest absolute Gasteiger partial charge is 0.227 e. The van der Waals surface area contributed by atoms with Crippen LogP contribution in [0.25, 0.3) is 23.3 Å². The van der Waals surface area contributed by atoms with Crippen LogP contribution in [0.4, 0.5) is 0 Å². The van der Waals surface area contributed by atoms with E-state index in [0.717, 1.165) is 35.1 Å². The van der Waals surface area contributed by atoms with E-state index in [1.54, 1.807) is 0 Å². The van der Waals surface area contributed by atoms with Gasteiger partial charge >= 0.3 is 0 Å². The lowest BCUT2D eigenvalue weighted by atomic mass is 9.91. The summed E-state index contributed by atoms with van der Waals surface area (Å²) in [6.07, 6.45) is 6.58. The van der Waals surface area contributed by atoms with Crippen molar-refractivity contribution in [1.29, 1.82) is 0 Å². The zero-order valence-corrected chi connectivity index (χ0v) is 10.6. The summed E-state index contributed by atoms with van der Waals surface area (Å²) in [6, 6.07) is 4.25. The van der Waals surface area contributed by atoms with E-state index in [1.807, 2.05) is 0 Å². The quantitative estimate of drug-likeness (QED) is 0.691. The molecule has 0 radical (unpaired) electrons. The molecular weight excluding hydrogens is 210 g/mol. The summed E-state index contributed by atoms with van der Waals surface area (Å²) in [5.74, 6) is 0. The monoisotopic (exact) mass is 227 g/mol. The second-order valence-electron chi connectivity index (χ2n) is 5.66. The maximum atomic E-state index is 5.83. The molecule has 1 aliphatic rings. The van der Waals surface area contributed by atoms with Crippen LogP contribution in [0.5, 0.6) is 0 Å². The molecule has 0 saturated heterocycles. The van der Waals surface area contributed by atoms with Gasteiger partial charge in [0, 0.05) is 21.7 Å². The second kappa shape index (κ2) is 3.46. The molecule has 2 nitrogen and oxygen atoms in total. The van der Waals surface area contributed by atoms with Crippen molar-refractivity contribution in [3.63, 3.8) is 0 Å². The molecule has 17 heavy (non-hydrogen) atoms. The highest BCUT2D eigenvalue weighted by molar-refractivity contribution is 5.76. The fourth-order valence-corrected chi connectivity index (χ4v) is 2.24. The van der Waals surface area contributed by atoms with Crippen molar-refractivity contribution in [2.24, 2.45) is 0 Å². The summed E-state index contributed by atoms with van der Waals surface area (Å²) in [7, 11) is 0. The van der Waals surface area contributed by atoms with Gasteiger partial charge in [-0.2, -0.15) is 0 Å². The van der Waals surface area contributed by atoms with E-state index >= 15 is 0 Å². The van der Waals surface area contributed by atoms with E-state index in [0.29, 0.717) is 0 Å². The van der Waals surface area contributed by atoms with Gasteiger partial charge in [0.15, 0.2) is 0 Å². The van der Waals surface area contributed by atoms with Crippen LogP contribution in [0.3, 0.4) is 0 Å². The third-order valence-electron chi connectivity index (χ3n) is 3.24. The minimum Gasteiger partial charge on any atom is -0.438 e. The summed E-state index contributed by atoms with van der Waals surface area (Å²) >= 11 is 0. The van der Waals surface area contributed by atoms with Crippen molar-refractivity contribution >= 4 is 23.3 Å². The van der Waals surface area contributed by atoms with Gasteiger partial charge < -0.3 is 4.42 Å². The molecule has 1 aliphatic carbocycles. The Labute approximate surface area is 101 Å². The number of furan rings is 1. The predicted octanol–water partition coefficient (Wildman–Crippen LogP) is 2.48. The van der Waals surface area contributed by atoms with E-state index in [1.165, 1.54) is 5.22 Å². The molecule has 3 rings (SSSR count). The van der Waals surface area contributed by atoms with Crippen molar-refractivity contribution in [2.45, 2.75) is 39.0 Å². The van der Waals surface area contributed by atoms with Crippen LogP contribution >= 0.6 is 0 Å². The lowest BCUT2D eigenvalue weighted by Gasteiger charge is -2.16. The maximum absolute atomic E-state index is 5.83. The molecule has 2 heterocycles. The first-order valence-corrected chi connectivity index (χ1v) is 6.16. The number of hydrogen-bond acceptors (Lipinski definition) is 2. The highest BCUT2D eigenvalue weighted by Crippen LogP contribution is 2.21. The lowest BCUT2D eigenvalue weighted by Crippen LogP contribution is -2.22.